The van der Waals surface area contributed by atoms with Crippen molar-refractivity contribution in [1.29, 1.82) is 0 Å². The molecule has 0 unspecified atom stereocenters. The molecule has 0 radical (unpaired) electrons. The van der Waals surface area contributed by atoms with Crippen molar-refractivity contribution in [1.82, 2.24) is 5.32 Å². The number of rotatable bonds is 4. The maximum atomic E-state index is 11.1. The van der Waals surface area contributed by atoms with Crippen LogP contribution in [0.3, 0.4) is 0 Å². The molecule has 0 spiro atoms. The molecule has 0 aliphatic heterocycles. The molecule has 3 nitrogen and oxygen atoms in total. The summed E-state index contributed by atoms with van der Waals surface area (Å²) >= 11 is 0. The molecule has 1 rings (SSSR count). The number of carbonyl (C=O) groups is 1. The van der Waals surface area contributed by atoms with Crippen LogP contribution < -0.4 is 10.6 Å². The van der Waals surface area contributed by atoms with Crippen LogP contribution in [0.4, 0.5) is 5.69 Å². The highest BCUT2D eigenvalue weighted by molar-refractivity contribution is 5.76. The molecule has 0 saturated carbocycles. The van der Waals surface area contributed by atoms with Gasteiger partial charge in [0.15, 0.2) is 0 Å². The second kappa shape index (κ2) is 5.71. The zero-order chi connectivity index (χ0) is 12.9. The van der Waals surface area contributed by atoms with Gasteiger partial charge in [-0.15, -0.1) is 0 Å². The Morgan fingerprint density at radius 3 is 2.47 bits per heavy atom. The number of hydrogen-bond donors (Lipinski definition) is 2. The van der Waals surface area contributed by atoms with E-state index < -0.39 is 0 Å². The van der Waals surface area contributed by atoms with Gasteiger partial charge in [0.1, 0.15) is 0 Å². The highest BCUT2D eigenvalue weighted by Gasteiger charge is 2.16. The third-order valence-electron chi connectivity index (χ3n) is 2.68. The fourth-order valence-electron chi connectivity index (χ4n) is 1.73. The number of amides is 1. The van der Waals surface area contributed by atoms with Crippen LogP contribution in [0.15, 0.2) is 24.3 Å². The predicted molar refractivity (Wildman–Crippen MR) is 72.3 cm³/mol. The van der Waals surface area contributed by atoms with Crippen LogP contribution in [0.2, 0.25) is 0 Å². The zero-order valence-corrected chi connectivity index (χ0v) is 11.1. The summed E-state index contributed by atoms with van der Waals surface area (Å²) in [7, 11) is 1.66. The van der Waals surface area contributed by atoms with Gasteiger partial charge in [-0.3, -0.25) is 4.79 Å². The van der Waals surface area contributed by atoms with E-state index in [1.165, 1.54) is 5.56 Å². The largest absolute Gasteiger partial charge is 0.384 e. The predicted octanol–water partition coefficient (Wildman–Crippen LogP) is 2.53. The van der Waals surface area contributed by atoms with Crippen LogP contribution >= 0.6 is 0 Å². The molecule has 0 aromatic heterocycles. The third-order valence-corrected chi connectivity index (χ3v) is 2.68. The number of hydrogen-bond acceptors (Lipinski definition) is 2. The van der Waals surface area contributed by atoms with Crippen molar-refractivity contribution >= 4 is 11.6 Å². The fourth-order valence-corrected chi connectivity index (χ4v) is 1.73. The molecule has 0 aliphatic rings. The minimum absolute atomic E-state index is 0.0609. The highest BCUT2D eigenvalue weighted by Crippen LogP contribution is 2.28. The fraction of sp³-hybridized carbons (Fsp3) is 0.500. The summed E-state index contributed by atoms with van der Waals surface area (Å²) in [6.45, 7) is 7.22. The molecule has 1 aromatic rings. The molecule has 17 heavy (non-hydrogen) atoms. The van der Waals surface area contributed by atoms with Crippen molar-refractivity contribution in [3.05, 3.63) is 29.8 Å². The van der Waals surface area contributed by atoms with Crippen molar-refractivity contribution in [2.45, 2.75) is 32.6 Å². The number of para-hydroxylation sites is 1. The van der Waals surface area contributed by atoms with Crippen LogP contribution in [-0.4, -0.2) is 19.5 Å². The zero-order valence-electron chi connectivity index (χ0n) is 11.1. The number of benzene rings is 1. The molecule has 0 aliphatic carbocycles. The van der Waals surface area contributed by atoms with Crippen LogP contribution in [-0.2, 0) is 10.2 Å². The highest BCUT2D eigenvalue weighted by atomic mass is 16.1. The Balaban J connectivity index is 2.68. The molecule has 1 aromatic carbocycles. The molecule has 0 saturated heterocycles. The maximum absolute atomic E-state index is 11.1. The first-order valence-electron chi connectivity index (χ1n) is 5.99. The average Bonchev–Trinajstić information content (AvgIpc) is 2.28. The topological polar surface area (TPSA) is 41.1 Å². The summed E-state index contributed by atoms with van der Waals surface area (Å²) in [6, 6.07) is 8.24. The first kappa shape index (κ1) is 13.6. The van der Waals surface area contributed by atoms with E-state index in [-0.39, 0.29) is 11.3 Å². The Bertz CT molecular complexity index is 380. The minimum atomic E-state index is 0.0609. The summed E-state index contributed by atoms with van der Waals surface area (Å²) in [5.74, 6) is 0.0609. The second-order valence-corrected chi connectivity index (χ2v) is 5.15. The van der Waals surface area contributed by atoms with Crippen molar-refractivity contribution < 1.29 is 4.79 Å². The number of carbonyl (C=O) groups excluding carboxylic acids is 1. The summed E-state index contributed by atoms with van der Waals surface area (Å²) in [4.78, 5) is 11.1. The van der Waals surface area contributed by atoms with E-state index in [4.69, 9.17) is 0 Å². The molecule has 0 atom stereocenters. The Hall–Kier alpha value is -1.51. The Morgan fingerprint density at radius 2 is 1.88 bits per heavy atom. The van der Waals surface area contributed by atoms with Gasteiger partial charge in [-0.05, 0) is 17.0 Å². The first-order chi connectivity index (χ1) is 7.95. The lowest BCUT2D eigenvalue weighted by molar-refractivity contribution is -0.120. The van der Waals surface area contributed by atoms with Crippen LogP contribution in [0.1, 0.15) is 32.8 Å². The van der Waals surface area contributed by atoms with Gasteiger partial charge in [-0.1, -0.05) is 39.0 Å². The lowest BCUT2D eigenvalue weighted by Gasteiger charge is -2.23. The van der Waals surface area contributed by atoms with Gasteiger partial charge in [0.2, 0.25) is 5.91 Å². The molecule has 2 N–H and O–H groups in total. The number of anilines is 1. The monoisotopic (exact) mass is 234 g/mol. The van der Waals surface area contributed by atoms with E-state index >= 15 is 0 Å². The first-order valence-corrected chi connectivity index (χ1v) is 5.99. The van der Waals surface area contributed by atoms with Gasteiger partial charge in [0.05, 0.1) is 0 Å². The van der Waals surface area contributed by atoms with Gasteiger partial charge in [0.25, 0.3) is 0 Å². The SMILES string of the molecule is CNC(=O)CCNc1ccccc1C(C)(C)C. The van der Waals surface area contributed by atoms with Crippen LogP contribution in [0.5, 0.6) is 0 Å². The van der Waals surface area contributed by atoms with Crippen molar-refractivity contribution in [2.24, 2.45) is 0 Å². The quantitative estimate of drug-likeness (QED) is 0.840. The molecule has 0 bridgehead atoms. The Morgan fingerprint density at radius 1 is 1.24 bits per heavy atom. The molecule has 3 heteroatoms. The Labute approximate surface area is 104 Å². The van der Waals surface area contributed by atoms with E-state index in [0.29, 0.717) is 13.0 Å². The lowest BCUT2D eigenvalue weighted by atomic mass is 9.86. The van der Waals surface area contributed by atoms with Gasteiger partial charge in [-0.25, -0.2) is 0 Å². The van der Waals surface area contributed by atoms with E-state index in [0.717, 1.165) is 5.69 Å². The second-order valence-electron chi connectivity index (χ2n) is 5.15. The molecule has 0 fully saturated rings. The summed E-state index contributed by atoms with van der Waals surface area (Å²) < 4.78 is 0. The molecular formula is C14H22N2O. The standard InChI is InChI=1S/C14H22N2O/c1-14(2,3)11-7-5-6-8-12(11)16-10-9-13(17)15-4/h5-8,16H,9-10H2,1-4H3,(H,15,17). The van der Waals surface area contributed by atoms with Crippen molar-refractivity contribution in [3.63, 3.8) is 0 Å². The van der Waals surface area contributed by atoms with E-state index in [1.54, 1.807) is 7.05 Å². The molecular weight excluding hydrogens is 212 g/mol. The van der Waals surface area contributed by atoms with Gasteiger partial charge >= 0.3 is 0 Å². The summed E-state index contributed by atoms with van der Waals surface area (Å²) in [6.07, 6.45) is 0.495. The van der Waals surface area contributed by atoms with Gasteiger partial charge in [0, 0.05) is 25.7 Å². The summed E-state index contributed by atoms with van der Waals surface area (Å²) in [5.41, 5.74) is 2.50. The molecule has 1 amide bonds. The smallest absolute Gasteiger partial charge is 0.221 e. The molecule has 0 heterocycles. The van der Waals surface area contributed by atoms with E-state index in [9.17, 15) is 4.79 Å². The van der Waals surface area contributed by atoms with E-state index in [1.807, 2.05) is 12.1 Å². The molecule has 94 valence electrons. The van der Waals surface area contributed by atoms with Crippen molar-refractivity contribution in [3.8, 4) is 0 Å². The third kappa shape index (κ3) is 4.10. The van der Waals surface area contributed by atoms with E-state index in [2.05, 4.69) is 43.5 Å². The number of nitrogens with one attached hydrogen (secondary N) is 2. The van der Waals surface area contributed by atoms with Gasteiger partial charge < -0.3 is 10.6 Å². The summed E-state index contributed by atoms with van der Waals surface area (Å²) in [5, 5.41) is 5.94. The van der Waals surface area contributed by atoms with Gasteiger partial charge in [-0.2, -0.15) is 0 Å². The maximum Gasteiger partial charge on any atom is 0.221 e. The average molecular weight is 234 g/mol. The van der Waals surface area contributed by atoms with Crippen LogP contribution in [0, 0.1) is 0 Å². The minimum Gasteiger partial charge on any atom is -0.384 e. The Kier molecular flexibility index (Phi) is 4.55. The van der Waals surface area contributed by atoms with Crippen LogP contribution in [0.25, 0.3) is 0 Å². The van der Waals surface area contributed by atoms with Crippen molar-refractivity contribution in [2.75, 3.05) is 18.9 Å². The lowest BCUT2D eigenvalue weighted by Crippen LogP contribution is -2.22. The normalized spacial score (nSPS) is 11.1.